The summed E-state index contributed by atoms with van der Waals surface area (Å²) in [6.45, 7) is 2.43. The van der Waals surface area contributed by atoms with E-state index in [2.05, 4.69) is 10.3 Å². The second kappa shape index (κ2) is 4.82. The Kier molecular flexibility index (Phi) is 3.39. The van der Waals surface area contributed by atoms with Gasteiger partial charge in [-0.1, -0.05) is 0 Å². The zero-order chi connectivity index (χ0) is 13.2. The van der Waals surface area contributed by atoms with Crippen LogP contribution in [-0.2, 0) is 6.18 Å². The molecule has 0 amide bonds. The second-order valence-corrected chi connectivity index (χ2v) is 3.91. The zero-order valence-corrected chi connectivity index (χ0v) is 9.46. The predicted molar refractivity (Wildman–Crippen MR) is 59.0 cm³/mol. The molecular weight excluding hydrogens is 245 g/mol. The molecule has 1 aliphatic rings. The summed E-state index contributed by atoms with van der Waals surface area (Å²) in [5.41, 5.74) is -0.792. The average molecular weight is 256 g/mol. The van der Waals surface area contributed by atoms with Crippen LogP contribution in [0.25, 0.3) is 0 Å². The molecule has 2 heterocycles. The fraction of sp³-hybridized carbons (Fsp3) is 0.455. The molecule has 0 unspecified atom stereocenters. The van der Waals surface area contributed by atoms with Crippen LogP contribution in [0.2, 0.25) is 0 Å². The predicted octanol–water partition coefficient (Wildman–Crippen LogP) is 1.38. The van der Waals surface area contributed by atoms with E-state index < -0.39 is 11.9 Å². The van der Waals surface area contributed by atoms with E-state index in [4.69, 9.17) is 5.26 Å². The van der Waals surface area contributed by atoms with Crippen molar-refractivity contribution < 1.29 is 13.2 Å². The van der Waals surface area contributed by atoms with E-state index >= 15 is 0 Å². The molecule has 1 N–H and O–H groups in total. The van der Waals surface area contributed by atoms with Gasteiger partial charge in [0.05, 0.1) is 5.56 Å². The standard InChI is InChI=1S/C11H11F3N4/c12-11(13,14)9-2-1-8(7-15)10(17-9)18-5-3-16-4-6-18/h1-2,16H,3-6H2. The lowest BCUT2D eigenvalue weighted by Gasteiger charge is -2.29. The van der Waals surface area contributed by atoms with Crippen LogP contribution in [0.4, 0.5) is 19.0 Å². The first-order valence-electron chi connectivity index (χ1n) is 5.46. The van der Waals surface area contributed by atoms with Gasteiger partial charge in [-0.2, -0.15) is 18.4 Å². The summed E-state index contributed by atoms with van der Waals surface area (Å²) in [7, 11) is 0. The lowest BCUT2D eigenvalue weighted by Crippen LogP contribution is -2.44. The Morgan fingerprint density at radius 3 is 2.50 bits per heavy atom. The molecule has 96 valence electrons. The number of nitrogens with one attached hydrogen (secondary N) is 1. The molecule has 1 fully saturated rings. The summed E-state index contributed by atoms with van der Waals surface area (Å²) >= 11 is 0. The molecule has 1 saturated heterocycles. The molecule has 1 aromatic heterocycles. The molecule has 7 heteroatoms. The molecule has 0 bridgehead atoms. The zero-order valence-electron chi connectivity index (χ0n) is 9.46. The van der Waals surface area contributed by atoms with Crippen molar-refractivity contribution >= 4 is 5.82 Å². The van der Waals surface area contributed by atoms with Gasteiger partial charge in [0.2, 0.25) is 0 Å². The number of pyridine rings is 1. The Bertz CT molecular complexity index is 472. The molecule has 2 rings (SSSR count). The van der Waals surface area contributed by atoms with Crippen molar-refractivity contribution in [3.63, 3.8) is 0 Å². The van der Waals surface area contributed by atoms with Crippen LogP contribution in [-0.4, -0.2) is 31.2 Å². The molecule has 0 aromatic carbocycles. The average Bonchev–Trinajstić information content (AvgIpc) is 2.38. The summed E-state index contributed by atoms with van der Waals surface area (Å²) in [5.74, 6) is 0.119. The molecule has 18 heavy (non-hydrogen) atoms. The van der Waals surface area contributed by atoms with E-state index in [0.717, 1.165) is 6.07 Å². The van der Waals surface area contributed by atoms with E-state index in [1.807, 2.05) is 6.07 Å². The Morgan fingerprint density at radius 2 is 1.94 bits per heavy atom. The highest BCUT2D eigenvalue weighted by Crippen LogP contribution is 2.30. The number of nitrogens with zero attached hydrogens (tertiary/aromatic N) is 3. The van der Waals surface area contributed by atoms with Crippen molar-refractivity contribution in [1.29, 1.82) is 5.26 Å². The summed E-state index contributed by atoms with van der Waals surface area (Å²) in [6.07, 6.45) is -4.49. The van der Waals surface area contributed by atoms with Gasteiger partial charge in [-0.05, 0) is 12.1 Å². The highest BCUT2D eigenvalue weighted by atomic mass is 19.4. The van der Waals surface area contributed by atoms with E-state index in [0.29, 0.717) is 26.2 Å². The summed E-state index contributed by atoms with van der Waals surface area (Å²) < 4.78 is 37.8. The highest BCUT2D eigenvalue weighted by Gasteiger charge is 2.33. The molecular formula is C11H11F3N4. The number of anilines is 1. The smallest absolute Gasteiger partial charge is 0.353 e. The highest BCUT2D eigenvalue weighted by molar-refractivity contribution is 5.54. The Balaban J connectivity index is 2.39. The van der Waals surface area contributed by atoms with Gasteiger partial charge in [0, 0.05) is 26.2 Å². The number of aromatic nitrogens is 1. The number of piperazine rings is 1. The van der Waals surface area contributed by atoms with Crippen molar-refractivity contribution in [2.75, 3.05) is 31.1 Å². The maximum absolute atomic E-state index is 12.6. The molecule has 0 saturated carbocycles. The minimum Gasteiger partial charge on any atom is -0.353 e. The Labute approximate surface area is 102 Å². The largest absolute Gasteiger partial charge is 0.433 e. The van der Waals surface area contributed by atoms with Gasteiger partial charge >= 0.3 is 6.18 Å². The number of alkyl halides is 3. The lowest BCUT2D eigenvalue weighted by molar-refractivity contribution is -0.141. The molecule has 0 radical (unpaired) electrons. The van der Waals surface area contributed by atoms with Crippen LogP contribution in [0.5, 0.6) is 0 Å². The SMILES string of the molecule is N#Cc1ccc(C(F)(F)F)nc1N1CCNCC1. The fourth-order valence-corrected chi connectivity index (χ4v) is 1.81. The number of rotatable bonds is 1. The first-order valence-corrected chi connectivity index (χ1v) is 5.46. The van der Waals surface area contributed by atoms with Crippen molar-refractivity contribution in [3.05, 3.63) is 23.4 Å². The first-order chi connectivity index (χ1) is 8.52. The van der Waals surface area contributed by atoms with E-state index in [1.165, 1.54) is 6.07 Å². The third kappa shape index (κ3) is 2.54. The van der Waals surface area contributed by atoms with Crippen LogP contribution < -0.4 is 10.2 Å². The van der Waals surface area contributed by atoms with Gasteiger partial charge in [-0.15, -0.1) is 0 Å². The first kappa shape index (κ1) is 12.6. The minimum absolute atomic E-state index is 0.119. The number of hydrogen-bond donors (Lipinski definition) is 1. The van der Waals surface area contributed by atoms with Gasteiger partial charge in [0.1, 0.15) is 17.6 Å². The number of nitriles is 1. The van der Waals surface area contributed by atoms with Crippen LogP contribution in [0, 0.1) is 11.3 Å². The summed E-state index contributed by atoms with van der Waals surface area (Å²) in [6, 6.07) is 3.89. The van der Waals surface area contributed by atoms with Crippen LogP contribution >= 0.6 is 0 Å². The molecule has 1 aromatic rings. The van der Waals surface area contributed by atoms with E-state index in [1.54, 1.807) is 4.90 Å². The van der Waals surface area contributed by atoms with Crippen molar-refractivity contribution in [1.82, 2.24) is 10.3 Å². The quantitative estimate of drug-likeness (QED) is 0.824. The molecule has 0 atom stereocenters. The molecule has 0 spiro atoms. The second-order valence-electron chi connectivity index (χ2n) is 3.91. The van der Waals surface area contributed by atoms with E-state index in [9.17, 15) is 13.2 Å². The molecule has 1 aliphatic heterocycles. The topological polar surface area (TPSA) is 52.0 Å². The maximum atomic E-state index is 12.6. The molecule has 4 nitrogen and oxygen atoms in total. The van der Waals surface area contributed by atoms with Crippen molar-refractivity contribution in [2.45, 2.75) is 6.18 Å². The van der Waals surface area contributed by atoms with Gasteiger partial charge in [-0.3, -0.25) is 0 Å². The number of halogens is 3. The van der Waals surface area contributed by atoms with Crippen molar-refractivity contribution in [3.8, 4) is 6.07 Å². The third-order valence-electron chi connectivity index (χ3n) is 2.70. The summed E-state index contributed by atoms with van der Waals surface area (Å²) in [4.78, 5) is 5.29. The third-order valence-corrected chi connectivity index (χ3v) is 2.70. The monoisotopic (exact) mass is 256 g/mol. The normalized spacial score (nSPS) is 16.4. The minimum atomic E-state index is -4.49. The van der Waals surface area contributed by atoms with Crippen molar-refractivity contribution in [2.24, 2.45) is 0 Å². The maximum Gasteiger partial charge on any atom is 0.433 e. The lowest BCUT2D eigenvalue weighted by atomic mass is 10.2. The van der Waals surface area contributed by atoms with Gasteiger partial charge in [-0.25, -0.2) is 4.98 Å². The Hall–Kier alpha value is -1.81. The molecule has 0 aliphatic carbocycles. The van der Waals surface area contributed by atoms with Gasteiger partial charge < -0.3 is 10.2 Å². The Morgan fingerprint density at radius 1 is 1.28 bits per heavy atom. The van der Waals surface area contributed by atoms with Gasteiger partial charge in [0.25, 0.3) is 0 Å². The van der Waals surface area contributed by atoms with Crippen LogP contribution in [0.15, 0.2) is 12.1 Å². The number of hydrogen-bond acceptors (Lipinski definition) is 4. The van der Waals surface area contributed by atoms with Crippen LogP contribution in [0.1, 0.15) is 11.3 Å². The summed E-state index contributed by atoms with van der Waals surface area (Å²) in [5, 5.41) is 12.0. The van der Waals surface area contributed by atoms with Crippen LogP contribution in [0.3, 0.4) is 0 Å². The fourth-order valence-electron chi connectivity index (χ4n) is 1.81. The van der Waals surface area contributed by atoms with E-state index in [-0.39, 0.29) is 11.4 Å². The van der Waals surface area contributed by atoms with Gasteiger partial charge in [0.15, 0.2) is 0 Å².